The molecule has 1 saturated heterocycles. The molecule has 29 heavy (non-hydrogen) atoms. The molecule has 0 unspecified atom stereocenters. The number of anilines is 1. The molecule has 1 fully saturated rings. The molecular weight excluding hydrogens is 370 g/mol. The molecule has 0 bridgehead atoms. The summed E-state index contributed by atoms with van der Waals surface area (Å²) in [4.78, 5) is 17.2. The van der Waals surface area contributed by atoms with Crippen molar-refractivity contribution in [2.75, 3.05) is 25.0 Å². The highest BCUT2D eigenvalue weighted by Crippen LogP contribution is 2.19. The summed E-state index contributed by atoms with van der Waals surface area (Å²) >= 11 is 0. The van der Waals surface area contributed by atoms with Crippen LogP contribution in [0, 0.1) is 0 Å². The summed E-state index contributed by atoms with van der Waals surface area (Å²) in [5.74, 6) is 0.957. The van der Waals surface area contributed by atoms with Gasteiger partial charge in [0.25, 0.3) is 0 Å². The molecule has 1 aromatic carbocycles. The predicted molar refractivity (Wildman–Crippen MR) is 107 cm³/mol. The van der Waals surface area contributed by atoms with Crippen LogP contribution in [-0.4, -0.2) is 67.6 Å². The summed E-state index contributed by atoms with van der Waals surface area (Å²) in [5, 5.41) is 14.1. The second kappa shape index (κ2) is 8.54. The third-order valence-electron chi connectivity index (χ3n) is 5.29. The minimum atomic E-state index is -0.0151. The van der Waals surface area contributed by atoms with E-state index in [-0.39, 0.29) is 11.9 Å². The van der Waals surface area contributed by atoms with E-state index < -0.39 is 0 Å². The van der Waals surface area contributed by atoms with Gasteiger partial charge in [-0.05, 0) is 60.7 Å². The number of amides is 1. The first-order valence-corrected chi connectivity index (χ1v) is 9.72. The van der Waals surface area contributed by atoms with Gasteiger partial charge in [-0.2, -0.15) is 0 Å². The first kappa shape index (κ1) is 19.3. The number of tetrazole rings is 1. The van der Waals surface area contributed by atoms with Crippen LogP contribution < -0.4 is 5.32 Å². The van der Waals surface area contributed by atoms with Gasteiger partial charge in [0.15, 0.2) is 0 Å². The monoisotopic (exact) mass is 395 g/mol. The highest BCUT2D eigenvalue weighted by molar-refractivity contribution is 5.92. The van der Waals surface area contributed by atoms with Crippen molar-refractivity contribution in [3.8, 4) is 5.69 Å². The lowest BCUT2D eigenvalue weighted by Gasteiger charge is -2.43. The number of furan rings is 1. The summed E-state index contributed by atoms with van der Waals surface area (Å²) in [6, 6.07) is 12.0. The second-order valence-electron chi connectivity index (χ2n) is 7.49. The van der Waals surface area contributed by atoms with E-state index in [0.717, 1.165) is 36.8 Å². The lowest BCUT2D eigenvalue weighted by molar-refractivity contribution is -0.118. The molecule has 0 saturated carbocycles. The fraction of sp³-hybridized carbons (Fsp3) is 0.400. The number of benzene rings is 1. The Kier molecular flexibility index (Phi) is 5.68. The molecule has 2 atom stereocenters. The van der Waals surface area contributed by atoms with E-state index in [4.69, 9.17) is 4.42 Å². The Hall–Kier alpha value is -3.04. The summed E-state index contributed by atoms with van der Waals surface area (Å²) in [6.45, 7) is 7.26. The highest BCUT2D eigenvalue weighted by atomic mass is 16.3. The Balaban J connectivity index is 1.30. The largest absolute Gasteiger partial charge is 0.468 e. The average Bonchev–Trinajstić information content (AvgIpc) is 3.40. The van der Waals surface area contributed by atoms with Gasteiger partial charge in [-0.15, -0.1) is 5.10 Å². The van der Waals surface area contributed by atoms with Crippen LogP contribution in [-0.2, 0) is 11.3 Å². The van der Waals surface area contributed by atoms with E-state index in [9.17, 15) is 4.79 Å². The molecule has 9 heteroatoms. The Labute approximate surface area is 169 Å². The molecule has 0 aliphatic carbocycles. The van der Waals surface area contributed by atoms with Gasteiger partial charge >= 0.3 is 0 Å². The molecule has 1 aliphatic heterocycles. The maximum absolute atomic E-state index is 12.6. The quantitative estimate of drug-likeness (QED) is 0.680. The number of hydrogen-bond donors (Lipinski definition) is 1. The minimum absolute atomic E-state index is 0.0151. The zero-order valence-electron chi connectivity index (χ0n) is 16.6. The van der Waals surface area contributed by atoms with E-state index in [2.05, 4.69) is 44.5 Å². The number of piperazine rings is 1. The first-order chi connectivity index (χ1) is 14.1. The van der Waals surface area contributed by atoms with Crippen molar-refractivity contribution in [3.63, 3.8) is 0 Å². The first-order valence-electron chi connectivity index (χ1n) is 9.72. The fourth-order valence-electron chi connectivity index (χ4n) is 3.68. The zero-order chi connectivity index (χ0) is 20.2. The average molecular weight is 395 g/mol. The van der Waals surface area contributed by atoms with Crippen molar-refractivity contribution in [1.29, 1.82) is 0 Å². The Bertz CT molecular complexity index is 909. The van der Waals surface area contributed by atoms with E-state index in [1.165, 1.54) is 6.33 Å². The van der Waals surface area contributed by atoms with Crippen LogP contribution in [0.2, 0.25) is 0 Å². The van der Waals surface area contributed by atoms with Crippen molar-refractivity contribution in [2.24, 2.45) is 0 Å². The van der Waals surface area contributed by atoms with Gasteiger partial charge in [0.1, 0.15) is 12.1 Å². The van der Waals surface area contributed by atoms with Crippen LogP contribution in [0.4, 0.5) is 5.69 Å². The van der Waals surface area contributed by atoms with Crippen LogP contribution in [0.25, 0.3) is 5.69 Å². The van der Waals surface area contributed by atoms with Crippen molar-refractivity contribution in [3.05, 3.63) is 54.7 Å². The van der Waals surface area contributed by atoms with E-state index in [0.29, 0.717) is 12.6 Å². The normalized spacial score (nSPS) is 20.6. The SMILES string of the molecule is C[C@@H]1CN(Cc2ccco2)[C@H](C)CN1CC(=O)Nc1ccc(-n2cnnn2)cc1. The molecular formula is C20H25N7O2. The lowest BCUT2D eigenvalue weighted by atomic mass is 10.1. The molecule has 3 heterocycles. The zero-order valence-corrected chi connectivity index (χ0v) is 16.6. The van der Waals surface area contributed by atoms with Crippen molar-refractivity contribution < 1.29 is 9.21 Å². The van der Waals surface area contributed by atoms with E-state index in [1.54, 1.807) is 10.9 Å². The smallest absolute Gasteiger partial charge is 0.238 e. The molecule has 0 radical (unpaired) electrons. The van der Waals surface area contributed by atoms with Crippen LogP contribution in [0.1, 0.15) is 19.6 Å². The standard InChI is InChI=1S/C20H25N7O2/c1-15-11-26(16(2)10-25(15)12-19-4-3-9-29-19)13-20(28)22-17-5-7-18(8-6-17)27-14-21-23-24-27/h3-9,14-16H,10-13H2,1-2H3,(H,22,28)/t15-,16-/m1/s1. The summed E-state index contributed by atoms with van der Waals surface area (Å²) in [7, 11) is 0. The van der Waals surface area contributed by atoms with Gasteiger partial charge in [0.05, 0.1) is 25.0 Å². The van der Waals surface area contributed by atoms with Gasteiger partial charge in [-0.25, -0.2) is 4.68 Å². The van der Waals surface area contributed by atoms with E-state index >= 15 is 0 Å². The third-order valence-corrected chi connectivity index (χ3v) is 5.29. The maximum atomic E-state index is 12.6. The van der Waals surface area contributed by atoms with Crippen molar-refractivity contribution >= 4 is 11.6 Å². The lowest BCUT2D eigenvalue weighted by Crippen LogP contribution is -2.57. The number of carbonyl (C=O) groups excluding carboxylic acids is 1. The number of nitrogens with one attached hydrogen (secondary N) is 1. The van der Waals surface area contributed by atoms with Crippen LogP contribution in [0.15, 0.2) is 53.4 Å². The highest BCUT2D eigenvalue weighted by Gasteiger charge is 2.30. The Morgan fingerprint density at radius 1 is 1.14 bits per heavy atom. The third kappa shape index (κ3) is 4.69. The summed E-state index contributed by atoms with van der Waals surface area (Å²) in [6.07, 6.45) is 3.24. The molecule has 152 valence electrons. The molecule has 9 nitrogen and oxygen atoms in total. The van der Waals surface area contributed by atoms with Gasteiger partial charge in [-0.1, -0.05) is 0 Å². The van der Waals surface area contributed by atoms with Crippen LogP contribution in [0.5, 0.6) is 0 Å². The summed E-state index contributed by atoms with van der Waals surface area (Å²) < 4.78 is 7.04. The maximum Gasteiger partial charge on any atom is 0.238 e. The number of hydrogen-bond acceptors (Lipinski definition) is 7. The number of carbonyl (C=O) groups is 1. The van der Waals surface area contributed by atoms with E-state index in [1.807, 2.05) is 36.4 Å². The molecule has 4 rings (SSSR count). The van der Waals surface area contributed by atoms with Gasteiger partial charge in [-0.3, -0.25) is 14.6 Å². The molecule has 3 aromatic rings. The van der Waals surface area contributed by atoms with Gasteiger partial charge in [0, 0.05) is 30.9 Å². The second-order valence-corrected chi connectivity index (χ2v) is 7.49. The van der Waals surface area contributed by atoms with Crippen molar-refractivity contribution in [1.82, 2.24) is 30.0 Å². The number of aromatic nitrogens is 4. The molecule has 1 aliphatic rings. The molecule has 1 N–H and O–H groups in total. The van der Waals surface area contributed by atoms with Crippen LogP contribution in [0.3, 0.4) is 0 Å². The minimum Gasteiger partial charge on any atom is -0.468 e. The van der Waals surface area contributed by atoms with Crippen molar-refractivity contribution in [2.45, 2.75) is 32.5 Å². The number of rotatable bonds is 6. The molecule has 2 aromatic heterocycles. The Morgan fingerprint density at radius 3 is 2.59 bits per heavy atom. The fourth-order valence-corrected chi connectivity index (χ4v) is 3.68. The van der Waals surface area contributed by atoms with Crippen LogP contribution >= 0.6 is 0 Å². The topological polar surface area (TPSA) is 92.3 Å². The summed E-state index contributed by atoms with van der Waals surface area (Å²) in [5.41, 5.74) is 1.59. The van der Waals surface area contributed by atoms with Gasteiger partial charge < -0.3 is 9.73 Å². The van der Waals surface area contributed by atoms with Gasteiger partial charge in [0.2, 0.25) is 5.91 Å². The molecule has 1 amide bonds. The predicted octanol–water partition coefficient (Wildman–Crippen LogP) is 1.79. The number of nitrogens with zero attached hydrogens (tertiary/aromatic N) is 6. The Morgan fingerprint density at radius 2 is 1.90 bits per heavy atom. The molecule has 0 spiro atoms.